The van der Waals surface area contributed by atoms with Crippen molar-refractivity contribution in [2.24, 2.45) is 0 Å². The van der Waals surface area contributed by atoms with Crippen molar-refractivity contribution in [2.45, 2.75) is 6.92 Å². The third kappa shape index (κ3) is 2.75. The molecule has 8 heteroatoms. The van der Waals surface area contributed by atoms with Crippen molar-refractivity contribution in [1.82, 2.24) is 19.7 Å². The van der Waals surface area contributed by atoms with Gasteiger partial charge in [-0.1, -0.05) is 6.07 Å². The predicted octanol–water partition coefficient (Wildman–Crippen LogP) is 2.62. The second kappa shape index (κ2) is 5.60. The molecule has 0 unspecified atom stereocenters. The third-order valence-corrected chi connectivity index (χ3v) is 2.97. The van der Waals surface area contributed by atoms with Gasteiger partial charge in [0.1, 0.15) is 5.69 Å². The number of anilines is 2. The van der Waals surface area contributed by atoms with Crippen LogP contribution in [0, 0.1) is 17.0 Å². The van der Waals surface area contributed by atoms with Crippen LogP contribution >= 0.6 is 0 Å². The normalized spacial score (nSPS) is 10.4. The lowest BCUT2D eigenvalue weighted by atomic mass is 10.2. The minimum Gasteiger partial charge on any atom is -0.347 e. The summed E-state index contributed by atoms with van der Waals surface area (Å²) >= 11 is 0. The molecule has 1 aromatic carbocycles. The fourth-order valence-electron chi connectivity index (χ4n) is 1.96. The zero-order valence-corrected chi connectivity index (χ0v) is 11.7. The Labute approximate surface area is 125 Å². The number of nitro groups is 1. The highest BCUT2D eigenvalue weighted by molar-refractivity contribution is 5.69. The van der Waals surface area contributed by atoms with Crippen molar-refractivity contribution in [1.29, 1.82) is 0 Å². The molecule has 0 radical (unpaired) electrons. The molecule has 0 atom stereocenters. The Morgan fingerprint density at radius 3 is 2.77 bits per heavy atom. The van der Waals surface area contributed by atoms with Gasteiger partial charge in [-0.15, -0.1) is 0 Å². The van der Waals surface area contributed by atoms with Crippen molar-refractivity contribution in [3.05, 3.63) is 64.7 Å². The monoisotopic (exact) mass is 296 g/mol. The molecular formula is C14H12N6O2. The van der Waals surface area contributed by atoms with Crippen molar-refractivity contribution in [3.63, 3.8) is 0 Å². The van der Waals surface area contributed by atoms with Crippen LogP contribution in [0.4, 0.5) is 17.1 Å². The molecular weight excluding hydrogens is 284 g/mol. The van der Waals surface area contributed by atoms with Gasteiger partial charge in [0.25, 0.3) is 5.69 Å². The number of nitrogens with one attached hydrogen (secondary N) is 1. The lowest BCUT2D eigenvalue weighted by molar-refractivity contribution is -0.384. The van der Waals surface area contributed by atoms with Crippen LogP contribution in [0.1, 0.15) is 5.56 Å². The van der Waals surface area contributed by atoms with E-state index in [1.165, 1.54) is 10.7 Å². The number of nitro benzene ring substituents is 1. The van der Waals surface area contributed by atoms with Crippen LogP contribution in [0.15, 0.2) is 49.1 Å². The zero-order valence-electron chi connectivity index (χ0n) is 11.7. The molecule has 0 saturated carbocycles. The van der Waals surface area contributed by atoms with Crippen LogP contribution in [0.25, 0.3) is 5.95 Å². The molecule has 0 saturated heterocycles. The highest BCUT2D eigenvalue weighted by Gasteiger charge is 2.14. The SMILES string of the molecule is Cc1ccc(Nc2cnn(-c3ncccn3)c2)c([N+](=O)[O-])c1. The minimum atomic E-state index is -0.417. The first kappa shape index (κ1) is 13.7. The maximum absolute atomic E-state index is 11.1. The first-order valence-corrected chi connectivity index (χ1v) is 6.47. The lowest BCUT2D eigenvalue weighted by Crippen LogP contribution is -2.00. The van der Waals surface area contributed by atoms with Crippen LogP contribution in [-0.2, 0) is 0 Å². The summed E-state index contributed by atoms with van der Waals surface area (Å²) in [5.41, 5.74) is 1.86. The molecule has 8 nitrogen and oxygen atoms in total. The van der Waals surface area contributed by atoms with Gasteiger partial charge in [-0.05, 0) is 24.6 Å². The van der Waals surface area contributed by atoms with Gasteiger partial charge in [-0.25, -0.2) is 14.6 Å². The van der Waals surface area contributed by atoms with Crippen molar-refractivity contribution >= 4 is 17.1 Å². The molecule has 0 spiro atoms. The summed E-state index contributed by atoms with van der Waals surface area (Å²) < 4.78 is 1.49. The van der Waals surface area contributed by atoms with E-state index in [1.54, 1.807) is 43.0 Å². The summed E-state index contributed by atoms with van der Waals surface area (Å²) in [6.07, 6.45) is 6.45. The highest BCUT2D eigenvalue weighted by atomic mass is 16.6. The lowest BCUT2D eigenvalue weighted by Gasteiger charge is -2.05. The smallest absolute Gasteiger partial charge is 0.292 e. The van der Waals surface area contributed by atoms with E-state index in [1.807, 2.05) is 6.92 Å². The fraction of sp³-hybridized carbons (Fsp3) is 0.0714. The average Bonchev–Trinajstić information content (AvgIpc) is 2.98. The Balaban J connectivity index is 1.89. The number of rotatable bonds is 4. The zero-order chi connectivity index (χ0) is 15.5. The Bertz CT molecular complexity index is 815. The van der Waals surface area contributed by atoms with Crippen molar-refractivity contribution < 1.29 is 4.92 Å². The molecule has 0 aliphatic carbocycles. The van der Waals surface area contributed by atoms with Gasteiger partial charge in [-0.3, -0.25) is 10.1 Å². The van der Waals surface area contributed by atoms with E-state index >= 15 is 0 Å². The van der Waals surface area contributed by atoms with E-state index in [0.29, 0.717) is 17.3 Å². The Morgan fingerprint density at radius 2 is 2.05 bits per heavy atom. The van der Waals surface area contributed by atoms with Crippen LogP contribution < -0.4 is 5.32 Å². The number of nitrogens with zero attached hydrogens (tertiary/aromatic N) is 5. The van der Waals surface area contributed by atoms with Crippen LogP contribution in [0.5, 0.6) is 0 Å². The van der Waals surface area contributed by atoms with Gasteiger partial charge < -0.3 is 5.32 Å². The van der Waals surface area contributed by atoms with Gasteiger partial charge in [0.05, 0.1) is 23.0 Å². The molecule has 2 aromatic heterocycles. The first-order valence-electron chi connectivity index (χ1n) is 6.47. The molecule has 0 aliphatic heterocycles. The van der Waals surface area contributed by atoms with Gasteiger partial charge in [0.15, 0.2) is 0 Å². The van der Waals surface area contributed by atoms with E-state index in [0.717, 1.165) is 5.56 Å². The van der Waals surface area contributed by atoms with E-state index < -0.39 is 4.92 Å². The predicted molar refractivity (Wildman–Crippen MR) is 80.3 cm³/mol. The highest BCUT2D eigenvalue weighted by Crippen LogP contribution is 2.28. The Kier molecular flexibility index (Phi) is 3.48. The van der Waals surface area contributed by atoms with Gasteiger partial charge in [0.2, 0.25) is 5.95 Å². The number of aryl methyl sites for hydroxylation is 1. The summed E-state index contributed by atoms with van der Waals surface area (Å²) in [4.78, 5) is 18.9. The Hall–Kier alpha value is -3.29. The first-order chi connectivity index (χ1) is 10.6. The summed E-state index contributed by atoms with van der Waals surface area (Å²) in [5.74, 6) is 0.425. The maximum atomic E-state index is 11.1. The summed E-state index contributed by atoms with van der Waals surface area (Å²) in [5, 5.41) is 18.2. The average molecular weight is 296 g/mol. The number of hydrogen-bond donors (Lipinski definition) is 1. The van der Waals surface area contributed by atoms with Crippen molar-refractivity contribution in [2.75, 3.05) is 5.32 Å². The van der Waals surface area contributed by atoms with Crippen LogP contribution in [0.3, 0.4) is 0 Å². The quantitative estimate of drug-likeness (QED) is 0.587. The molecule has 3 rings (SSSR count). The number of benzene rings is 1. The topological polar surface area (TPSA) is 98.8 Å². The molecule has 0 amide bonds. The summed E-state index contributed by atoms with van der Waals surface area (Å²) in [6.45, 7) is 1.81. The molecule has 0 fully saturated rings. The van der Waals surface area contributed by atoms with Gasteiger partial charge >= 0.3 is 0 Å². The number of aromatic nitrogens is 4. The summed E-state index contributed by atoms with van der Waals surface area (Å²) in [7, 11) is 0. The van der Waals surface area contributed by atoms with Crippen molar-refractivity contribution in [3.8, 4) is 5.95 Å². The second-order valence-corrected chi connectivity index (χ2v) is 4.63. The fourth-order valence-corrected chi connectivity index (χ4v) is 1.96. The van der Waals surface area contributed by atoms with E-state index in [9.17, 15) is 10.1 Å². The molecule has 0 bridgehead atoms. The Morgan fingerprint density at radius 1 is 1.27 bits per heavy atom. The third-order valence-electron chi connectivity index (χ3n) is 2.97. The molecule has 1 N–H and O–H groups in total. The molecule has 22 heavy (non-hydrogen) atoms. The van der Waals surface area contributed by atoms with Gasteiger partial charge in [0, 0.05) is 18.5 Å². The molecule has 110 valence electrons. The minimum absolute atomic E-state index is 0.0173. The standard InChI is InChI=1S/C14H12N6O2/c1-10-3-4-12(13(7-10)20(21)22)18-11-8-17-19(9-11)14-15-5-2-6-16-14/h2-9,18H,1H3. The van der Waals surface area contributed by atoms with E-state index in [4.69, 9.17) is 0 Å². The summed E-state index contributed by atoms with van der Waals surface area (Å²) in [6, 6.07) is 6.71. The maximum Gasteiger partial charge on any atom is 0.292 e. The largest absolute Gasteiger partial charge is 0.347 e. The van der Waals surface area contributed by atoms with Crippen LogP contribution in [0.2, 0.25) is 0 Å². The molecule has 3 aromatic rings. The second-order valence-electron chi connectivity index (χ2n) is 4.63. The van der Waals surface area contributed by atoms with Crippen LogP contribution in [-0.4, -0.2) is 24.7 Å². The van der Waals surface area contributed by atoms with E-state index in [2.05, 4.69) is 20.4 Å². The molecule has 2 heterocycles. The van der Waals surface area contributed by atoms with Gasteiger partial charge in [-0.2, -0.15) is 5.10 Å². The molecule has 0 aliphatic rings. The van der Waals surface area contributed by atoms with E-state index in [-0.39, 0.29) is 5.69 Å². The number of hydrogen-bond acceptors (Lipinski definition) is 6.